The Kier molecular flexibility index (Phi) is 4.26. The first-order valence-corrected chi connectivity index (χ1v) is 8.60. The molecule has 21 heavy (non-hydrogen) atoms. The minimum atomic E-state index is 0.468. The topological polar surface area (TPSA) is 15.3 Å². The van der Waals surface area contributed by atoms with Crippen molar-refractivity contribution in [3.8, 4) is 0 Å². The third-order valence-electron chi connectivity index (χ3n) is 5.33. The summed E-state index contributed by atoms with van der Waals surface area (Å²) >= 11 is 0. The number of anilines is 1. The molecule has 0 amide bonds. The van der Waals surface area contributed by atoms with Gasteiger partial charge in [-0.3, -0.25) is 4.90 Å². The fourth-order valence-electron chi connectivity index (χ4n) is 3.89. The van der Waals surface area contributed by atoms with Crippen LogP contribution in [0, 0.1) is 11.3 Å². The molecule has 0 aromatic heterocycles. The molecule has 1 aromatic carbocycles. The predicted octanol–water partition coefficient (Wildman–Crippen LogP) is 4.30. The van der Waals surface area contributed by atoms with Crippen LogP contribution in [0.15, 0.2) is 18.2 Å². The minimum Gasteiger partial charge on any atom is -0.384 e. The summed E-state index contributed by atoms with van der Waals surface area (Å²) < 4.78 is 0. The predicted molar refractivity (Wildman–Crippen MR) is 90.7 cm³/mol. The molecule has 0 spiro atoms. The van der Waals surface area contributed by atoms with Gasteiger partial charge in [-0.25, -0.2) is 0 Å². The second-order valence-electron chi connectivity index (χ2n) is 7.94. The molecule has 1 saturated heterocycles. The molecular weight excluding hydrogens is 256 g/mol. The molecule has 116 valence electrons. The van der Waals surface area contributed by atoms with Gasteiger partial charge in [-0.2, -0.15) is 0 Å². The summed E-state index contributed by atoms with van der Waals surface area (Å²) in [7, 11) is 0. The van der Waals surface area contributed by atoms with Crippen LogP contribution in [0.5, 0.6) is 0 Å². The van der Waals surface area contributed by atoms with E-state index in [-0.39, 0.29) is 0 Å². The largest absolute Gasteiger partial charge is 0.384 e. The molecule has 1 aromatic rings. The Morgan fingerprint density at radius 2 is 2.05 bits per heavy atom. The molecule has 2 aliphatic rings. The number of benzene rings is 1. The highest BCUT2D eigenvalue weighted by Gasteiger charge is 2.27. The Morgan fingerprint density at radius 1 is 1.19 bits per heavy atom. The van der Waals surface area contributed by atoms with Crippen LogP contribution in [-0.4, -0.2) is 24.5 Å². The van der Waals surface area contributed by atoms with Gasteiger partial charge in [-0.15, -0.1) is 0 Å². The van der Waals surface area contributed by atoms with Crippen LogP contribution in [-0.2, 0) is 13.0 Å². The maximum atomic E-state index is 3.45. The lowest BCUT2D eigenvalue weighted by Crippen LogP contribution is -2.26. The maximum absolute atomic E-state index is 3.45. The maximum Gasteiger partial charge on any atom is 0.0373 e. The molecule has 1 N–H and O–H groups in total. The van der Waals surface area contributed by atoms with Crippen LogP contribution >= 0.6 is 0 Å². The number of nitrogens with zero attached hydrogens (tertiary/aromatic N) is 1. The molecule has 0 bridgehead atoms. The van der Waals surface area contributed by atoms with Gasteiger partial charge in [0.05, 0.1) is 0 Å². The smallest absolute Gasteiger partial charge is 0.0373 e. The molecule has 3 rings (SSSR count). The van der Waals surface area contributed by atoms with Crippen molar-refractivity contribution in [2.45, 2.75) is 53.0 Å². The zero-order chi connectivity index (χ0) is 14.9. The molecule has 1 atom stereocenters. The number of nitrogens with one attached hydrogen (secondary N) is 1. The molecule has 2 aliphatic heterocycles. The van der Waals surface area contributed by atoms with E-state index in [0.717, 1.165) is 19.0 Å². The van der Waals surface area contributed by atoms with Gasteiger partial charge in [0.15, 0.2) is 0 Å². The van der Waals surface area contributed by atoms with E-state index in [1.165, 1.54) is 55.6 Å². The third-order valence-corrected chi connectivity index (χ3v) is 5.33. The van der Waals surface area contributed by atoms with Gasteiger partial charge in [-0.05, 0) is 67.3 Å². The highest BCUT2D eigenvalue weighted by atomic mass is 15.1. The molecule has 0 radical (unpaired) electrons. The zero-order valence-electron chi connectivity index (χ0n) is 13.9. The first-order chi connectivity index (χ1) is 10.0. The summed E-state index contributed by atoms with van der Waals surface area (Å²) in [4.78, 5) is 2.66. The summed E-state index contributed by atoms with van der Waals surface area (Å²) in [5.41, 5.74) is 4.82. The number of rotatable bonds is 2. The highest BCUT2D eigenvalue weighted by Crippen LogP contribution is 2.34. The van der Waals surface area contributed by atoms with E-state index >= 15 is 0 Å². The monoisotopic (exact) mass is 286 g/mol. The summed E-state index contributed by atoms with van der Waals surface area (Å²) in [5.74, 6) is 0.881. The average Bonchev–Trinajstić information content (AvgIpc) is 2.75. The second kappa shape index (κ2) is 6.00. The Balaban J connectivity index is 1.61. The van der Waals surface area contributed by atoms with Crippen molar-refractivity contribution >= 4 is 5.69 Å². The lowest BCUT2D eigenvalue weighted by atomic mass is 9.77. The van der Waals surface area contributed by atoms with E-state index in [9.17, 15) is 0 Å². The van der Waals surface area contributed by atoms with Crippen molar-refractivity contribution < 1.29 is 0 Å². The van der Waals surface area contributed by atoms with Gasteiger partial charge >= 0.3 is 0 Å². The van der Waals surface area contributed by atoms with Crippen LogP contribution in [0.4, 0.5) is 5.69 Å². The number of hydrogen-bond acceptors (Lipinski definition) is 2. The average molecular weight is 286 g/mol. The van der Waals surface area contributed by atoms with Crippen LogP contribution in [0.25, 0.3) is 0 Å². The molecule has 2 nitrogen and oxygen atoms in total. The van der Waals surface area contributed by atoms with Crippen molar-refractivity contribution in [2.24, 2.45) is 11.3 Å². The lowest BCUT2D eigenvalue weighted by Gasteiger charge is -2.29. The molecule has 2 heterocycles. The molecule has 0 aliphatic carbocycles. The van der Waals surface area contributed by atoms with Gasteiger partial charge < -0.3 is 5.32 Å². The van der Waals surface area contributed by atoms with Crippen LogP contribution in [0.1, 0.15) is 51.2 Å². The number of hydrogen-bond donors (Lipinski definition) is 1. The Morgan fingerprint density at radius 3 is 2.86 bits per heavy atom. The van der Waals surface area contributed by atoms with Gasteiger partial charge in [-0.1, -0.05) is 32.9 Å². The summed E-state index contributed by atoms with van der Waals surface area (Å²) in [5, 5.41) is 3.45. The second-order valence-corrected chi connectivity index (χ2v) is 7.94. The van der Waals surface area contributed by atoms with Gasteiger partial charge in [0.2, 0.25) is 0 Å². The molecule has 1 fully saturated rings. The van der Waals surface area contributed by atoms with Crippen LogP contribution < -0.4 is 5.32 Å². The standard InChI is InChI=1S/C19H30N2/c1-19(2,3)17-5-4-11-21(12-9-17)14-15-6-7-18-16(13-15)8-10-20-18/h6-7,13,17,20H,4-5,8-12,14H2,1-3H3. The molecular formula is C19H30N2. The van der Waals surface area contributed by atoms with E-state index in [4.69, 9.17) is 0 Å². The van der Waals surface area contributed by atoms with Gasteiger partial charge in [0, 0.05) is 18.8 Å². The van der Waals surface area contributed by atoms with Crippen molar-refractivity contribution in [2.75, 3.05) is 25.0 Å². The molecule has 2 heteroatoms. The fraction of sp³-hybridized carbons (Fsp3) is 0.684. The highest BCUT2D eigenvalue weighted by molar-refractivity contribution is 5.56. The Labute approximate surface area is 129 Å². The van der Waals surface area contributed by atoms with E-state index in [0.29, 0.717) is 5.41 Å². The van der Waals surface area contributed by atoms with Crippen molar-refractivity contribution in [1.82, 2.24) is 4.90 Å². The van der Waals surface area contributed by atoms with Crippen molar-refractivity contribution in [3.63, 3.8) is 0 Å². The van der Waals surface area contributed by atoms with Gasteiger partial charge in [0.25, 0.3) is 0 Å². The Bertz CT molecular complexity index is 487. The number of fused-ring (bicyclic) bond motifs is 1. The van der Waals surface area contributed by atoms with Crippen LogP contribution in [0.3, 0.4) is 0 Å². The zero-order valence-corrected chi connectivity index (χ0v) is 13.9. The number of likely N-dealkylation sites (tertiary alicyclic amines) is 1. The van der Waals surface area contributed by atoms with Gasteiger partial charge in [0.1, 0.15) is 0 Å². The molecule has 1 unspecified atom stereocenters. The normalized spacial score (nSPS) is 23.5. The summed E-state index contributed by atoms with van der Waals surface area (Å²) in [6.45, 7) is 12.0. The van der Waals surface area contributed by atoms with E-state index in [1.807, 2.05) is 0 Å². The summed E-state index contributed by atoms with van der Waals surface area (Å²) in [6, 6.07) is 7.00. The van der Waals surface area contributed by atoms with Crippen molar-refractivity contribution in [1.29, 1.82) is 0 Å². The van der Waals surface area contributed by atoms with E-state index < -0.39 is 0 Å². The Hall–Kier alpha value is -1.02. The van der Waals surface area contributed by atoms with E-state index in [1.54, 1.807) is 0 Å². The summed E-state index contributed by atoms with van der Waals surface area (Å²) in [6.07, 6.45) is 5.30. The lowest BCUT2D eigenvalue weighted by molar-refractivity contribution is 0.206. The first kappa shape index (κ1) is 14.9. The fourth-order valence-corrected chi connectivity index (χ4v) is 3.89. The minimum absolute atomic E-state index is 0.468. The van der Waals surface area contributed by atoms with Crippen molar-refractivity contribution in [3.05, 3.63) is 29.3 Å². The van der Waals surface area contributed by atoms with E-state index in [2.05, 4.69) is 49.2 Å². The van der Waals surface area contributed by atoms with Crippen LogP contribution in [0.2, 0.25) is 0 Å². The molecule has 0 saturated carbocycles. The third kappa shape index (κ3) is 3.60. The first-order valence-electron chi connectivity index (χ1n) is 8.60. The quantitative estimate of drug-likeness (QED) is 0.872. The SMILES string of the molecule is CC(C)(C)C1CCCN(Cc2ccc3c(c2)CCN3)CC1.